The van der Waals surface area contributed by atoms with Gasteiger partial charge in [-0.2, -0.15) is 4.31 Å². The van der Waals surface area contributed by atoms with Gasteiger partial charge in [-0.1, -0.05) is 69.5 Å². The Morgan fingerprint density at radius 1 is 0.971 bits per heavy atom. The molecule has 1 fully saturated rings. The zero-order valence-electron chi connectivity index (χ0n) is 17.7. The molecule has 0 N–H and O–H groups in total. The first-order chi connectivity index (χ1) is 16.2. The van der Waals surface area contributed by atoms with E-state index in [4.69, 9.17) is 23.2 Å². The highest BCUT2D eigenvalue weighted by Crippen LogP contribution is 2.33. The second kappa shape index (κ2) is 10.2. The number of rotatable bonds is 7. The second-order valence-electron chi connectivity index (χ2n) is 7.69. The molecule has 3 aromatic carbocycles. The number of hydrogen-bond acceptors (Lipinski definition) is 4. The van der Waals surface area contributed by atoms with Gasteiger partial charge in [0.1, 0.15) is 10.9 Å². The summed E-state index contributed by atoms with van der Waals surface area (Å²) in [6.07, 6.45) is 0.0651. The molecule has 1 heterocycles. The van der Waals surface area contributed by atoms with Crippen LogP contribution in [0.4, 0.5) is 5.69 Å². The molecule has 0 spiro atoms. The van der Waals surface area contributed by atoms with Gasteiger partial charge in [0.15, 0.2) is 0 Å². The second-order valence-corrected chi connectivity index (χ2v) is 11.3. The zero-order chi connectivity index (χ0) is 24.5. The highest BCUT2D eigenvalue weighted by Gasteiger charge is 2.47. The van der Waals surface area contributed by atoms with E-state index in [0.29, 0.717) is 12.1 Å². The molecule has 1 saturated heterocycles. The summed E-state index contributed by atoms with van der Waals surface area (Å²) in [5, 5.41) is 0.173. The fourth-order valence-electron chi connectivity index (χ4n) is 3.83. The summed E-state index contributed by atoms with van der Waals surface area (Å²) in [4.78, 5) is 27.1. The average molecular weight is 582 g/mol. The van der Waals surface area contributed by atoms with E-state index in [0.717, 1.165) is 19.2 Å². The predicted molar refractivity (Wildman–Crippen MR) is 136 cm³/mol. The van der Waals surface area contributed by atoms with E-state index in [2.05, 4.69) is 15.9 Å². The summed E-state index contributed by atoms with van der Waals surface area (Å²) in [7, 11) is -4.27. The number of imide groups is 1. The third-order valence-corrected chi connectivity index (χ3v) is 8.65. The Morgan fingerprint density at radius 3 is 2.32 bits per heavy atom. The van der Waals surface area contributed by atoms with Crippen LogP contribution in [0.1, 0.15) is 12.0 Å². The molecule has 176 valence electrons. The quantitative estimate of drug-likeness (QED) is 0.354. The highest BCUT2D eigenvalue weighted by atomic mass is 79.9. The summed E-state index contributed by atoms with van der Waals surface area (Å²) in [6, 6.07) is 18.9. The Labute approximate surface area is 216 Å². The average Bonchev–Trinajstić information content (AvgIpc) is 3.10. The molecule has 6 nitrogen and oxygen atoms in total. The van der Waals surface area contributed by atoms with E-state index < -0.39 is 27.9 Å². The molecule has 0 aromatic heterocycles. The van der Waals surface area contributed by atoms with Crippen molar-refractivity contribution in [3.05, 3.63) is 92.9 Å². The van der Waals surface area contributed by atoms with E-state index in [9.17, 15) is 18.0 Å². The molecule has 1 unspecified atom stereocenters. The summed E-state index contributed by atoms with van der Waals surface area (Å²) in [5.41, 5.74) is 1.27. The smallest absolute Gasteiger partial charge is 0.252 e. The fraction of sp³-hybridized carbons (Fsp3) is 0.167. The maximum Gasteiger partial charge on any atom is 0.252 e. The van der Waals surface area contributed by atoms with Gasteiger partial charge in [0.2, 0.25) is 15.9 Å². The van der Waals surface area contributed by atoms with Crippen molar-refractivity contribution in [1.82, 2.24) is 4.31 Å². The van der Waals surface area contributed by atoms with Crippen molar-refractivity contribution < 1.29 is 18.0 Å². The molecular formula is C24H19BrCl2N2O4S. The largest absolute Gasteiger partial charge is 0.274 e. The number of halogens is 3. The summed E-state index contributed by atoms with van der Waals surface area (Å²) >= 11 is 15.6. The Hall–Kier alpha value is -2.23. The molecule has 3 aromatic rings. The number of amides is 2. The summed E-state index contributed by atoms with van der Waals surface area (Å²) in [6.45, 7) is -0.0208. The molecule has 0 saturated carbocycles. The lowest BCUT2D eigenvalue weighted by Gasteiger charge is -2.27. The van der Waals surface area contributed by atoms with Gasteiger partial charge in [-0.05, 0) is 54.4 Å². The lowest BCUT2D eigenvalue weighted by Crippen LogP contribution is -2.46. The highest BCUT2D eigenvalue weighted by molar-refractivity contribution is 9.10. The van der Waals surface area contributed by atoms with Crippen LogP contribution in [-0.4, -0.2) is 37.1 Å². The van der Waals surface area contributed by atoms with Gasteiger partial charge in [-0.3, -0.25) is 9.59 Å². The first-order valence-electron chi connectivity index (χ1n) is 10.3. The maximum atomic E-state index is 13.7. The van der Waals surface area contributed by atoms with Crippen molar-refractivity contribution in [3.8, 4) is 0 Å². The molecule has 34 heavy (non-hydrogen) atoms. The Bertz CT molecular complexity index is 1330. The number of benzene rings is 3. The van der Waals surface area contributed by atoms with E-state index >= 15 is 0 Å². The van der Waals surface area contributed by atoms with Crippen LogP contribution in [0.15, 0.2) is 82.2 Å². The van der Waals surface area contributed by atoms with Crippen molar-refractivity contribution in [1.29, 1.82) is 0 Å². The minimum absolute atomic E-state index is 0.0179. The van der Waals surface area contributed by atoms with Gasteiger partial charge >= 0.3 is 0 Å². The van der Waals surface area contributed by atoms with E-state index in [1.165, 1.54) is 18.2 Å². The van der Waals surface area contributed by atoms with Crippen molar-refractivity contribution in [3.63, 3.8) is 0 Å². The van der Waals surface area contributed by atoms with Crippen LogP contribution in [0.5, 0.6) is 0 Å². The van der Waals surface area contributed by atoms with Crippen molar-refractivity contribution >= 4 is 66.7 Å². The SMILES string of the molecule is O=C1CC(N(CCc2ccccc2)S(=O)(=O)c2cc(Cl)ccc2Cl)C(=O)N1c1ccc(Br)cc1. The lowest BCUT2D eigenvalue weighted by molar-refractivity contribution is -0.122. The van der Waals surface area contributed by atoms with Crippen LogP contribution in [0.3, 0.4) is 0 Å². The molecule has 0 radical (unpaired) electrons. The van der Waals surface area contributed by atoms with Crippen LogP contribution >= 0.6 is 39.1 Å². The van der Waals surface area contributed by atoms with Crippen LogP contribution in [0.2, 0.25) is 10.0 Å². The molecule has 10 heteroatoms. The number of sulfonamides is 1. The Morgan fingerprint density at radius 2 is 1.65 bits per heavy atom. The Balaban J connectivity index is 1.73. The number of carbonyl (C=O) groups excluding carboxylic acids is 2. The molecule has 4 rings (SSSR count). The van der Waals surface area contributed by atoms with Gasteiger partial charge in [0, 0.05) is 16.0 Å². The topological polar surface area (TPSA) is 74.8 Å². The third kappa shape index (κ3) is 5.06. The van der Waals surface area contributed by atoms with Gasteiger partial charge < -0.3 is 0 Å². The van der Waals surface area contributed by atoms with E-state index in [1.54, 1.807) is 24.3 Å². The first-order valence-corrected chi connectivity index (χ1v) is 13.3. The zero-order valence-corrected chi connectivity index (χ0v) is 21.6. The minimum atomic E-state index is -4.27. The Kier molecular flexibility index (Phi) is 7.45. The lowest BCUT2D eigenvalue weighted by atomic mass is 10.1. The van der Waals surface area contributed by atoms with Crippen LogP contribution in [0.25, 0.3) is 0 Å². The van der Waals surface area contributed by atoms with Gasteiger partial charge in [0.05, 0.1) is 17.1 Å². The molecule has 1 aliphatic heterocycles. The molecule has 0 bridgehead atoms. The third-order valence-electron chi connectivity index (χ3n) is 5.50. The van der Waals surface area contributed by atoms with Crippen LogP contribution in [0, 0.1) is 0 Å². The van der Waals surface area contributed by atoms with Gasteiger partial charge in [-0.15, -0.1) is 0 Å². The molecule has 1 atom stereocenters. The first kappa shape index (κ1) is 24.9. The fourth-order valence-corrected chi connectivity index (χ4v) is 6.42. The predicted octanol–water partition coefficient (Wildman–Crippen LogP) is 5.32. The number of carbonyl (C=O) groups is 2. The standard InChI is InChI=1S/C24H19BrCl2N2O4S/c25-17-6-9-19(10-7-17)29-23(30)15-21(24(29)31)28(13-12-16-4-2-1-3-5-16)34(32,33)22-14-18(26)8-11-20(22)27/h1-11,14,21H,12-13,15H2. The normalized spacial score (nSPS) is 16.5. The number of nitrogens with zero attached hydrogens (tertiary/aromatic N) is 2. The minimum Gasteiger partial charge on any atom is -0.274 e. The van der Waals surface area contributed by atoms with Crippen molar-refractivity contribution in [2.24, 2.45) is 0 Å². The van der Waals surface area contributed by atoms with Crippen LogP contribution in [-0.2, 0) is 26.0 Å². The summed E-state index contributed by atoms with van der Waals surface area (Å²) in [5.74, 6) is -1.09. The monoisotopic (exact) mass is 580 g/mol. The van der Waals surface area contributed by atoms with Gasteiger partial charge in [0.25, 0.3) is 5.91 Å². The number of anilines is 1. The molecule has 2 amide bonds. The summed E-state index contributed by atoms with van der Waals surface area (Å²) < 4.78 is 29.3. The number of hydrogen-bond donors (Lipinski definition) is 0. The van der Waals surface area contributed by atoms with Crippen LogP contribution < -0.4 is 4.90 Å². The maximum absolute atomic E-state index is 13.7. The molecular weight excluding hydrogens is 563 g/mol. The van der Waals surface area contributed by atoms with Gasteiger partial charge in [-0.25, -0.2) is 13.3 Å². The van der Waals surface area contributed by atoms with Crippen molar-refractivity contribution in [2.45, 2.75) is 23.8 Å². The van der Waals surface area contributed by atoms with E-state index in [-0.39, 0.29) is 27.9 Å². The molecule has 0 aliphatic carbocycles. The van der Waals surface area contributed by atoms with Crippen molar-refractivity contribution in [2.75, 3.05) is 11.4 Å². The molecule has 1 aliphatic rings. The van der Waals surface area contributed by atoms with E-state index in [1.807, 2.05) is 30.3 Å².